The molecule has 0 radical (unpaired) electrons. The fourth-order valence-corrected chi connectivity index (χ4v) is 2.95. The van der Waals surface area contributed by atoms with Crippen molar-refractivity contribution in [3.05, 3.63) is 23.7 Å². The Morgan fingerprint density at radius 2 is 2.21 bits per heavy atom. The Hall–Kier alpha value is -1.91. The molecule has 100 valence electrons. The molecule has 2 heterocycles. The molecule has 2 aromatic heterocycles. The van der Waals surface area contributed by atoms with Crippen molar-refractivity contribution in [1.29, 1.82) is 0 Å². The van der Waals surface area contributed by atoms with E-state index in [0.29, 0.717) is 11.4 Å². The maximum Gasteiger partial charge on any atom is 0.337 e. The molecule has 0 amide bonds. The monoisotopic (exact) mass is 259 g/mol. The van der Waals surface area contributed by atoms with Gasteiger partial charge >= 0.3 is 5.97 Å². The highest BCUT2D eigenvalue weighted by Crippen LogP contribution is 2.34. The number of imidazole rings is 1. The zero-order chi connectivity index (χ0) is 13.4. The molecule has 1 saturated carbocycles. The molecule has 5 nitrogen and oxygen atoms in total. The van der Waals surface area contributed by atoms with Crippen LogP contribution in [0.5, 0.6) is 0 Å². The molecule has 1 fully saturated rings. The van der Waals surface area contributed by atoms with Crippen LogP contribution in [-0.2, 0) is 6.54 Å². The fraction of sp³-hybridized carbons (Fsp3) is 0.500. The Bertz CT molecular complexity index is 627. The zero-order valence-corrected chi connectivity index (χ0v) is 11.0. The Morgan fingerprint density at radius 3 is 2.84 bits per heavy atom. The normalized spacial score (nSPS) is 16.3. The lowest BCUT2D eigenvalue weighted by Gasteiger charge is -2.10. The van der Waals surface area contributed by atoms with Gasteiger partial charge in [0.25, 0.3) is 0 Å². The fourth-order valence-electron chi connectivity index (χ4n) is 2.95. The van der Waals surface area contributed by atoms with Gasteiger partial charge in [-0.05, 0) is 25.8 Å². The van der Waals surface area contributed by atoms with E-state index < -0.39 is 5.97 Å². The molecule has 1 aliphatic rings. The molecule has 0 saturated heterocycles. The number of rotatable bonds is 3. The number of aryl methyl sites for hydroxylation is 1. The van der Waals surface area contributed by atoms with Crippen LogP contribution in [0.2, 0.25) is 0 Å². The molecule has 0 bridgehead atoms. The van der Waals surface area contributed by atoms with Crippen molar-refractivity contribution in [2.75, 3.05) is 0 Å². The highest BCUT2D eigenvalue weighted by molar-refractivity contribution is 5.90. The Kier molecular flexibility index (Phi) is 2.97. The number of carboxylic acids is 1. The summed E-state index contributed by atoms with van der Waals surface area (Å²) in [4.78, 5) is 19.9. The van der Waals surface area contributed by atoms with Crippen molar-refractivity contribution in [1.82, 2.24) is 14.5 Å². The van der Waals surface area contributed by atoms with E-state index in [1.54, 1.807) is 6.07 Å². The van der Waals surface area contributed by atoms with Crippen LogP contribution >= 0.6 is 0 Å². The summed E-state index contributed by atoms with van der Waals surface area (Å²) in [6, 6.07) is 1.62. The van der Waals surface area contributed by atoms with Gasteiger partial charge in [0, 0.05) is 18.7 Å². The standard InChI is InChI=1S/C14H17N3O2/c1-2-17-12(9-5-3-4-6-9)16-11-7-10(14(18)19)8-15-13(11)17/h7-9H,2-6H2,1H3,(H,18,19). The van der Waals surface area contributed by atoms with Crippen LogP contribution in [0, 0.1) is 0 Å². The van der Waals surface area contributed by atoms with E-state index in [9.17, 15) is 4.79 Å². The van der Waals surface area contributed by atoms with E-state index in [2.05, 4.69) is 21.5 Å². The lowest BCUT2D eigenvalue weighted by atomic mass is 10.1. The van der Waals surface area contributed by atoms with Crippen LogP contribution in [0.3, 0.4) is 0 Å². The molecule has 3 rings (SSSR count). The number of fused-ring (bicyclic) bond motifs is 1. The van der Waals surface area contributed by atoms with Crippen molar-refractivity contribution in [2.45, 2.75) is 45.1 Å². The van der Waals surface area contributed by atoms with Gasteiger partial charge < -0.3 is 9.67 Å². The van der Waals surface area contributed by atoms with Crippen LogP contribution in [0.1, 0.15) is 54.7 Å². The predicted molar refractivity (Wildman–Crippen MR) is 71.4 cm³/mol. The van der Waals surface area contributed by atoms with E-state index in [-0.39, 0.29) is 5.56 Å². The first kappa shape index (κ1) is 12.1. The quantitative estimate of drug-likeness (QED) is 0.920. The van der Waals surface area contributed by atoms with E-state index in [1.807, 2.05) is 0 Å². The molecular weight excluding hydrogens is 242 g/mol. The summed E-state index contributed by atoms with van der Waals surface area (Å²) in [6.45, 7) is 2.90. The summed E-state index contributed by atoms with van der Waals surface area (Å²) >= 11 is 0. The lowest BCUT2D eigenvalue weighted by Crippen LogP contribution is -2.06. The van der Waals surface area contributed by atoms with Gasteiger partial charge in [0.05, 0.1) is 5.56 Å². The van der Waals surface area contributed by atoms with Crippen LogP contribution in [0.25, 0.3) is 11.2 Å². The Balaban J connectivity index is 2.14. The van der Waals surface area contributed by atoms with Crippen LogP contribution in [-0.4, -0.2) is 25.6 Å². The van der Waals surface area contributed by atoms with E-state index >= 15 is 0 Å². The van der Waals surface area contributed by atoms with Gasteiger partial charge in [-0.25, -0.2) is 14.8 Å². The molecule has 0 aromatic carbocycles. The summed E-state index contributed by atoms with van der Waals surface area (Å²) in [5.74, 6) is 0.621. The highest BCUT2D eigenvalue weighted by atomic mass is 16.4. The summed E-state index contributed by atoms with van der Waals surface area (Å²) < 4.78 is 2.12. The second-order valence-corrected chi connectivity index (χ2v) is 5.07. The topological polar surface area (TPSA) is 68.0 Å². The number of hydrogen-bond acceptors (Lipinski definition) is 3. The summed E-state index contributed by atoms with van der Waals surface area (Å²) in [5.41, 5.74) is 1.70. The highest BCUT2D eigenvalue weighted by Gasteiger charge is 2.24. The summed E-state index contributed by atoms with van der Waals surface area (Å²) in [6.07, 6.45) is 6.28. The molecule has 2 aromatic rings. The predicted octanol–water partition coefficient (Wildman–Crippen LogP) is 2.81. The van der Waals surface area contributed by atoms with Gasteiger partial charge in [-0.1, -0.05) is 12.8 Å². The molecule has 19 heavy (non-hydrogen) atoms. The van der Waals surface area contributed by atoms with E-state index in [1.165, 1.54) is 31.9 Å². The molecule has 0 unspecified atom stereocenters. The smallest absolute Gasteiger partial charge is 0.337 e. The van der Waals surface area contributed by atoms with Crippen LogP contribution < -0.4 is 0 Å². The Morgan fingerprint density at radius 1 is 1.47 bits per heavy atom. The van der Waals surface area contributed by atoms with Crippen molar-refractivity contribution < 1.29 is 9.90 Å². The van der Waals surface area contributed by atoms with Gasteiger partial charge in [-0.2, -0.15) is 0 Å². The molecule has 1 aliphatic carbocycles. The molecule has 0 spiro atoms. The average molecular weight is 259 g/mol. The number of aromatic carboxylic acids is 1. The number of pyridine rings is 1. The number of hydrogen-bond donors (Lipinski definition) is 1. The van der Waals surface area contributed by atoms with E-state index in [4.69, 9.17) is 5.11 Å². The number of carbonyl (C=O) groups is 1. The molecule has 0 atom stereocenters. The Labute approximate surface area is 111 Å². The maximum atomic E-state index is 11.0. The lowest BCUT2D eigenvalue weighted by molar-refractivity contribution is 0.0696. The van der Waals surface area contributed by atoms with Crippen LogP contribution in [0.15, 0.2) is 12.3 Å². The minimum Gasteiger partial charge on any atom is -0.478 e. The minimum absolute atomic E-state index is 0.200. The number of aromatic nitrogens is 3. The maximum absolute atomic E-state index is 11.0. The first-order valence-corrected chi connectivity index (χ1v) is 6.80. The third kappa shape index (κ3) is 1.99. The molecular formula is C14H17N3O2. The van der Waals surface area contributed by atoms with Crippen molar-refractivity contribution >= 4 is 17.1 Å². The van der Waals surface area contributed by atoms with Crippen molar-refractivity contribution in [3.8, 4) is 0 Å². The second-order valence-electron chi connectivity index (χ2n) is 5.07. The average Bonchev–Trinajstić information content (AvgIpc) is 3.04. The first-order chi connectivity index (χ1) is 9.20. The van der Waals surface area contributed by atoms with Gasteiger partial charge in [0.15, 0.2) is 5.65 Å². The zero-order valence-electron chi connectivity index (χ0n) is 11.0. The third-order valence-electron chi connectivity index (χ3n) is 3.90. The molecule has 1 N–H and O–H groups in total. The van der Waals surface area contributed by atoms with Crippen LogP contribution in [0.4, 0.5) is 0 Å². The number of nitrogens with zero attached hydrogens (tertiary/aromatic N) is 3. The first-order valence-electron chi connectivity index (χ1n) is 6.80. The van der Waals surface area contributed by atoms with Gasteiger partial charge in [0.2, 0.25) is 0 Å². The van der Waals surface area contributed by atoms with Gasteiger partial charge in [-0.3, -0.25) is 0 Å². The molecule has 5 heteroatoms. The second kappa shape index (κ2) is 4.64. The largest absolute Gasteiger partial charge is 0.478 e. The van der Waals surface area contributed by atoms with Crippen molar-refractivity contribution in [2.24, 2.45) is 0 Å². The van der Waals surface area contributed by atoms with E-state index in [0.717, 1.165) is 18.0 Å². The minimum atomic E-state index is -0.956. The SMILES string of the molecule is CCn1c(C2CCCC2)nc2cc(C(=O)O)cnc21. The third-order valence-corrected chi connectivity index (χ3v) is 3.90. The van der Waals surface area contributed by atoms with Crippen molar-refractivity contribution in [3.63, 3.8) is 0 Å². The summed E-state index contributed by atoms with van der Waals surface area (Å²) in [7, 11) is 0. The van der Waals surface area contributed by atoms with Gasteiger partial charge in [0.1, 0.15) is 11.3 Å². The van der Waals surface area contributed by atoms with Gasteiger partial charge in [-0.15, -0.1) is 0 Å². The molecule has 0 aliphatic heterocycles. The summed E-state index contributed by atoms with van der Waals surface area (Å²) in [5, 5.41) is 9.01. The number of carboxylic acid groups (broad SMARTS) is 1.